The quantitative estimate of drug-likeness (QED) is 0.727. The molecule has 1 heterocycles. The summed E-state index contributed by atoms with van der Waals surface area (Å²) in [5.41, 5.74) is 5.06. The average molecular weight is 258 g/mol. The van der Waals surface area contributed by atoms with Gasteiger partial charge in [-0.25, -0.2) is 0 Å². The van der Waals surface area contributed by atoms with Crippen LogP contribution < -0.4 is 5.73 Å². The number of ether oxygens (including phenoxy) is 1. The fraction of sp³-hybridized carbons (Fsp3) is 0.923. The van der Waals surface area contributed by atoms with Crippen LogP contribution in [0.5, 0.6) is 0 Å². The molecule has 5 heteroatoms. The molecule has 1 aliphatic heterocycles. The Bertz CT molecular complexity index is 265. The van der Waals surface area contributed by atoms with E-state index in [1.165, 1.54) is 0 Å². The Morgan fingerprint density at radius 1 is 1.50 bits per heavy atom. The van der Waals surface area contributed by atoms with Crippen LogP contribution >= 0.6 is 0 Å². The van der Waals surface area contributed by atoms with Gasteiger partial charge in [0.25, 0.3) is 0 Å². The van der Waals surface area contributed by atoms with Crippen LogP contribution in [0.15, 0.2) is 0 Å². The summed E-state index contributed by atoms with van der Waals surface area (Å²) in [5, 5.41) is 10.3. The lowest BCUT2D eigenvalue weighted by Crippen LogP contribution is -2.48. The second-order valence-corrected chi connectivity index (χ2v) is 5.34. The van der Waals surface area contributed by atoms with Gasteiger partial charge in [-0.15, -0.1) is 0 Å². The van der Waals surface area contributed by atoms with Crippen molar-refractivity contribution in [3.63, 3.8) is 0 Å². The molecule has 1 amide bonds. The van der Waals surface area contributed by atoms with Gasteiger partial charge >= 0.3 is 0 Å². The van der Waals surface area contributed by atoms with E-state index in [1.807, 2.05) is 0 Å². The molecular weight excluding hydrogens is 232 g/mol. The minimum absolute atomic E-state index is 0.0101. The van der Waals surface area contributed by atoms with Gasteiger partial charge in [0, 0.05) is 52.1 Å². The van der Waals surface area contributed by atoms with Crippen LogP contribution in [0, 0.1) is 0 Å². The van der Waals surface area contributed by atoms with Crippen LogP contribution in [0.25, 0.3) is 0 Å². The van der Waals surface area contributed by atoms with Gasteiger partial charge < -0.3 is 20.5 Å². The molecule has 0 spiro atoms. The second kappa shape index (κ2) is 7.07. The molecule has 18 heavy (non-hydrogen) atoms. The topological polar surface area (TPSA) is 75.8 Å². The highest BCUT2D eigenvalue weighted by molar-refractivity contribution is 5.76. The van der Waals surface area contributed by atoms with Gasteiger partial charge in [0.2, 0.25) is 5.91 Å². The molecule has 1 unspecified atom stereocenters. The number of likely N-dealkylation sites (N-methyl/N-ethyl adjacent to an activating group) is 1. The molecule has 0 aromatic carbocycles. The molecule has 1 fully saturated rings. The number of carbonyl (C=O) groups excluding carboxylic acids is 1. The minimum Gasteiger partial charge on any atom is -0.388 e. The van der Waals surface area contributed by atoms with Crippen molar-refractivity contribution in [3.05, 3.63) is 0 Å². The average Bonchev–Trinajstić information content (AvgIpc) is 2.29. The predicted molar refractivity (Wildman–Crippen MR) is 70.1 cm³/mol. The first-order chi connectivity index (χ1) is 8.47. The summed E-state index contributed by atoms with van der Waals surface area (Å²) in [5.74, 6) is 0.0101. The SMILES string of the molecule is CCCC(N)CC(=O)N(C)CC1(O)CCOCC1. The van der Waals surface area contributed by atoms with Crippen molar-refractivity contribution in [1.29, 1.82) is 0 Å². The molecule has 0 aromatic heterocycles. The molecule has 3 N–H and O–H groups in total. The van der Waals surface area contributed by atoms with Crippen molar-refractivity contribution >= 4 is 5.91 Å². The molecule has 1 aliphatic rings. The molecule has 1 rings (SSSR count). The molecule has 5 nitrogen and oxygen atoms in total. The third-order valence-corrected chi connectivity index (χ3v) is 3.48. The molecule has 1 atom stereocenters. The third-order valence-electron chi connectivity index (χ3n) is 3.48. The fourth-order valence-electron chi connectivity index (χ4n) is 2.29. The molecule has 106 valence electrons. The molecule has 0 aromatic rings. The van der Waals surface area contributed by atoms with Crippen molar-refractivity contribution in [3.8, 4) is 0 Å². The first-order valence-corrected chi connectivity index (χ1v) is 6.76. The minimum atomic E-state index is -0.794. The first kappa shape index (κ1) is 15.4. The van der Waals surface area contributed by atoms with E-state index in [9.17, 15) is 9.90 Å². The number of aliphatic hydroxyl groups is 1. The molecule has 0 radical (unpaired) electrons. The number of nitrogens with zero attached hydrogens (tertiary/aromatic N) is 1. The predicted octanol–water partition coefficient (Wildman–Crippen LogP) is 0.504. The van der Waals surface area contributed by atoms with Crippen LogP contribution in [0.4, 0.5) is 0 Å². The Morgan fingerprint density at radius 3 is 2.67 bits per heavy atom. The molecule has 0 bridgehead atoms. The number of hydrogen-bond acceptors (Lipinski definition) is 4. The maximum absolute atomic E-state index is 11.9. The maximum Gasteiger partial charge on any atom is 0.223 e. The van der Waals surface area contributed by atoms with Gasteiger partial charge in [-0.05, 0) is 6.42 Å². The lowest BCUT2D eigenvalue weighted by atomic mass is 9.93. The van der Waals surface area contributed by atoms with Crippen molar-refractivity contribution in [2.45, 2.75) is 50.7 Å². The molecule has 0 aliphatic carbocycles. The monoisotopic (exact) mass is 258 g/mol. The van der Waals surface area contributed by atoms with Gasteiger partial charge in [0.1, 0.15) is 0 Å². The summed E-state index contributed by atoms with van der Waals surface area (Å²) < 4.78 is 5.22. The molecular formula is C13H26N2O3. The van der Waals surface area contributed by atoms with E-state index in [1.54, 1.807) is 11.9 Å². The summed E-state index contributed by atoms with van der Waals surface area (Å²) >= 11 is 0. The van der Waals surface area contributed by atoms with Crippen molar-refractivity contribution in [2.24, 2.45) is 5.73 Å². The zero-order valence-electron chi connectivity index (χ0n) is 11.5. The van der Waals surface area contributed by atoms with E-state index in [0.717, 1.165) is 12.8 Å². The van der Waals surface area contributed by atoms with Gasteiger partial charge in [0.05, 0.1) is 5.60 Å². The summed E-state index contributed by atoms with van der Waals surface area (Å²) in [6, 6.07) is -0.0747. The van der Waals surface area contributed by atoms with E-state index in [0.29, 0.717) is 39.0 Å². The largest absolute Gasteiger partial charge is 0.388 e. The molecule has 0 saturated carbocycles. The van der Waals surface area contributed by atoms with E-state index in [2.05, 4.69) is 6.92 Å². The van der Waals surface area contributed by atoms with Crippen LogP contribution in [0.3, 0.4) is 0 Å². The van der Waals surface area contributed by atoms with E-state index in [-0.39, 0.29) is 11.9 Å². The number of amides is 1. The second-order valence-electron chi connectivity index (χ2n) is 5.34. The van der Waals surface area contributed by atoms with E-state index >= 15 is 0 Å². The van der Waals surface area contributed by atoms with Crippen molar-refractivity contribution < 1.29 is 14.6 Å². The Hall–Kier alpha value is -0.650. The molecule has 1 saturated heterocycles. The van der Waals surface area contributed by atoms with Crippen LogP contribution in [0.2, 0.25) is 0 Å². The summed E-state index contributed by atoms with van der Waals surface area (Å²) in [6.07, 6.45) is 3.38. The summed E-state index contributed by atoms with van der Waals surface area (Å²) in [6.45, 7) is 3.55. The standard InChI is InChI=1S/C13H26N2O3/c1-3-4-11(14)9-12(16)15(2)10-13(17)5-7-18-8-6-13/h11,17H,3-10,14H2,1-2H3. The number of rotatable bonds is 6. The van der Waals surface area contributed by atoms with E-state index in [4.69, 9.17) is 10.5 Å². The first-order valence-electron chi connectivity index (χ1n) is 6.76. The van der Waals surface area contributed by atoms with Crippen LogP contribution in [-0.2, 0) is 9.53 Å². The zero-order valence-corrected chi connectivity index (χ0v) is 11.5. The Morgan fingerprint density at radius 2 is 2.11 bits per heavy atom. The summed E-state index contributed by atoms with van der Waals surface area (Å²) in [7, 11) is 1.73. The number of hydrogen-bond donors (Lipinski definition) is 2. The Labute approximate surface area is 109 Å². The van der Waals surface area contributed by atoms with Crippen LogP contribution in [-0.4, -0.2) is 54.4 Å². The number of carbonyl (C=O) groups is 1. The van der Waals surface area contributed by atoms with Gasteiger partial charge in [-0.1, -0.05) is 13.3 Å². The lowest BCUT2D eigenvalue weighted by molar-refractivity contribution is -0.137. The Balaban J connectivity index is 2.38. The smallest absolute Gasteiger partial charge is 0.223 e. The summed E-state index contributed by atoms with van der Waals surface area (Å²) in [4.78, 5) is 13.5. The Kier molecular flexibility index (Phi) is 6.05. The zero-order chi connectivity index (χ0) is 13.6. The normalized spacial score (nSPS) is 20.4. The van der Waals surface area contributed by atoms with Gasteiger partial charge in [-0.3, -0.25) is 4.79 Å². The van der Waals surface area contributed by atoms with Crippen LogP contribution in [0.1, 0.15) is 39.0 Å². The van der Waals surface area contributed by atoms with Gasteiger partial charge in [0.15, 0.2) is 0 Å². The highest BCUT2D eigenvalue weighted by Gasteiger charge is 2.32. The fourth-order valence-corrected chi connectivity index (χ4v) is 2.29. The van der Waals surface area contributed by atoms with Gasteiger partial charge in [-0.2, -0.15) is 0 Å². The highest BCUT2D eigenvalue weighted by atomic mass is 16.5. The van der Waals surface area contributed by atoms with Crippen molar-refractivity contribution in [2.75, 3.05) is 26.8 Å². The highest BCUT2D eigenvalue weighted by Crippen LogP contribution is 2.21. The number of nitrogens with two attached hydrogens (primary N) is 1. The van der Waals surface area contributed by atoms with Crippen molar-refractivity contribution in [1.82, 2.24) is 4.90 Å². The van der Waals surface area contributed by atoms with E-state index < -0.39 is 5.60 Å². The third kappa shape index (κ3) is 4.92. The maximum atomic E-state index is 11.9. The lowest BCUT2D eigenvalue weighted by Gasteiger charge is -2.35.